The fraction of sp³-hybridized carbons (Fsp3) is 0.111. The molecule has 0 aliphatic rings. The predicted molar refractivity (Wildman–Crippen MR) is 85.4 cm³/mol. The number of carbonyl (C=O) groups is 1. The van der Waals surface area contributed by atoms with E-state index in [0.29, 0.717) is 10.8 Å². The third-order valence-electron chi connectivity index (χ3n) is 3.69. The number of rotatable bonds is 3. The highest BCUT2D eigenvalue weighted by Crippen LogP contribution is 2.25. The molecular weight excluding hydrogens is 278 g/mol. The number of hydrogen-bond donors (Lipinski definition) is 1. The summed E-state index contributed by atoms with van der Waals surface area (Å²) in [5.74, 6) is -0.546. The Labute approximate surface area is 127 Å². The average molecular weight is 293 g/mol. The van der Waals surface area contributed by atoms with Crippen LogP contribution in [0.3, 0.4) is 0 Å². The van der Waals surface area contributed by atoms with Crippen molar-refractivity contribution in [2.45, 2.75) is 13.5 Å². The van der Waals surface area contributed by atoms with E-state index in [1.54, 1.807) is 24.3 Å². The molecule has 3 rings (SSSR count). The molecule has 110 valence electrons. The molecule has 0 unspecified atom stereocenters. The van der Waals surface area contributed by atoms with Crippen LogP contribution in [0.15, 0.2) is 59.4 Å². The molecule has 0 spiro atoms. The van der Waals surface area contributed by atoms with Gasteiger partial charge in [0.05, 0.1) is 12.1 Å². The lowest BCUT2D eigenvalue weighted by molar-refractivity contribution is 0.101. The molecule has 1 heterocycles. The highest BCUT2D eigenvalue weighted by atomic mass is 16.3. The van der Waals surface area contributed by atoms with Gasteiger partial charge in [0.1, 0.15) is 0 Å². The summed E-state index contributed by atoms with van der Waals surface area (Å²) in [6.07, 6.45) is 0. The Kier molecular flexibility index (Phi) is 3.51. The molecule has 0 amide bonds. The second kappa shape index (κ2) is 5.48. The van der Waals surface area contributed by atoms with Crippen LogP contribution in [0.5, 0.6) is 5.88 Å². The minimum atomic E-state index is -0.304. The van der Waals surface area contributed by atoms with Crippen LogP contribution in [0.25, 0.3) is 10.8 Å². The molecule has 1 N–H and O–H groups in total. The molecule has 4 heteroatoms. The lowest BCUT2D eigenvalue weighted by Crippen LogP contribution is -2.23. The number of ketones is 1. The smallest absolute Gasteiger partial charge is 0.261 e. The largest absolute Gasteiger partial charge is 0.494 e. The van der Waals surface area contributed by atoms with Crippen LogP contribution in [0.4, 0.5) is 0 Å². The minimum absolute atomic E-state index is 0.186. The van der Waals surface area contributed by atoms with Gasteiger partial charge in [-0.15, -0.1) is 0 Å². The fourth-order valence-electron chi connectivity index (χ4n) is 2.64. The highest BCUT2D eigenvalue weighted by molar-refractivity contribution is 6.08. The Bertz CT molecular complexity index is 911. The molecule has 22 heavy (non-hydrogen) atoms. The van der Waals surface area contributed by atoms with Crippen molar-refractivity contribution in [3.63, 3.8) is 0 Å². The first-order valence-corrected chi connectivity index (χ1v) is 6.99. The number of hydrogen-bond acceptors (Lipinski definition) is 3. The number of aromatic nitrogens is 1. The summed E-state index contributed by atoms with van der Waals surface area (Å²) < 4.78 is 1.24. The number of nitrogens with zero attached hydrogens (tertiary/aromatic N) is 1. The van der Waals surface area contributed by atoms with Crippen LogP contribution >= 0.6 is 0 Å². The van der Waals surface area contributed by atoms with Gasteiger partial charge in [-0.05, 0) is 18.6 Å². The van der Waals surface area contributed by atoms with E-state index >= 15 is 0 Å². The molecule has 0 saturated carbocycles. The maximum atomic E-state index is 12.6. The van der Waals surface area contributed by atoms with Crippen LogP contribution in [-0.4, -0.2) is 15.5 Å². The van der Waals surface area contributed by atoms with Crippen LogP contribution in [0, 0.1) is 0 Å². The van der Waals surface area contributed by atoms with E-state index in [2.05, 4.69) is 0 Å². The average Bonchev–Trinajstić information content (AvgIpc) is 2.52. The monoisotopic (exact) mass is 293 g/mol. The Morgan fingerprint density at radius 2 is 1.59 bits per heavy atom. The molecular formula is C18H15NO3. The molecule has 2 aromatic carbocycles. The maximum Gasteiger partial charge on any atom is 0.261 e. The Hall–Kier alpha value is -2.88. The van der Waals surface area contributed by atoms with E-state index < -0.39 is 0 Å². The van der Waals surface area contributed by atoms with Crippen molar-refractivity contribution in [1.29, 1.82) is 0 Å². The quantitative estimate of drug-likeness (QED) is 0.755. The Morgan fingerprint density at radius 1 is 1.00 bits per heavy atom. The van der Waals surface area contributed by atoms with Crippen LogP contribution in [-0.2, 0) is 6.54 Å². The zero-order valence-electron chi connectivity index (χ0n) is 12.1. The molecule has 0 radical (unpaired) electrons. The molecule has 0 fully saturated rings. The van der Waals surface area contributed by atoms with Gasteiger partial charge in [0.15, 0.2) is 5.78 Å². The van der Waals surface area contributed by atoms with Gasteiger partial charge in [0.2, 0.25) is 5.88 Å². The van der Waals surface area contributed by atoms with Crippen molar-refractivity contribution in [2.75, 3.05) is 0 Å². The Balaban J connectivity index is 2.31. The van der Waals surface area contributed by atoms with E-state index in [4.69, 9.17) is 0 Å². The van der Waals surface area contributed by atoms with Crippen molar-refractivity contribution in [3.05, 3.63) is 76.1 Å². The lowest BCUT2D eigenvalue weighted by atomic mass is 10.0. The summed E-state index contributed by atoms with van der Waals surface area (Å²) in [7, 11) is 0. The molecule has 0 aliphatic carbocycles. The molecule has 0 atom stereocenters. The summed E-state index contributed by atoms with van der Waals surface area (Å²) in [6.45, 7) is 1.61. The number of Topliss-reactive ketones (excluding diaryl/α,β-unsaturated/α-hetero) is 1. The highest BCUT2D eigenvalue weighted by Gasteiger charge is 2.18. The molecule has 0 saturated heterocycles. The standard InChI is InChI=1S/C18H15NO3/c1-12(20)16-14-9-5-6-10-15(14)17(21)19(18(16)22)11-13-7-3-2-4-8-13/h2-10,22H,11H2,1H3. The molecule has 3 aromatic rings. The topological polar surface area (TPSA) is 59.3 Å². The van der Waals surface area contributed by atoms with Crippen molar-refractivity contribution < 1.29 is 9.90 Å². The van der Waals surface area contributed by atoms with Gasteiger partial charge in [0, 0.05) is 10.8 Å². The van der Waals surface area contributed by atoms with Gasteiger partial charge < -0.3 is 5.11 Å². The van der Waals surface area contributed by atoms with Gasteiger partial charge in [-0.3, -0.25) is 14.2 Å². The van der Waals surface area contributed by atoms with E-state index in [1.807, 2.05) is 30.3 Å². The van der Waals surface area contributed by atoms with E-state index in [1.165, 1.54) is 11.5 Å². The van der Waals surface area contributed by atoms with Gasteiger partial charge in [-0.25, -0.2) is 0 Å². The van der Waals surface area contributed by atoms with Crippen molar-refractivity contribution >= 4 is 16.6 Å². The van der Waals surface area contributed by atoms with Crippen molar-refractivity contribution in [2.24, 2.45) is 0 Å². The number of pyridine rings is 1. The van der Waals surface area contributed by atoms with Crippen LogP contribution in [0.2, 0.25) is 0 Å². The first-order valence-electron chi connectivity index (χ1n) is 6.99. The van der Waals surface area contributed by atoms with Gasteiger partial charge in [0.25, 0.3) is 5.56 Å². The number of carbonyl (C=O) groups excluding carboxylic acids is 1. The number of benzene rings is 2. The van der Waals surface area contributed by atoms with E-state index in [0.717, 1.165) is 5.56 Å². The van der Waals surface area contributed by atoms with Gasteiger partial charge in [-0.2, -0.15) is 0 Å². The fourth-order valence-corrected chi connectivity index (χ4v) is 2.64. The second-order valence-corrected chi connectivity index (χ2v) is 5.18. The summed E-state index contributed by atoms with van der Waals surface area (Å²) in [5.41, 5.74) is 0.762. The molecule has 4 nitrogen and oxygen atoms in total. The summed E-state index contributed by atoms with van der Waals surface area (Å²) in [6, 6.07) is 16.2. The number of fused-ring (bicyclic) bond motifs is 1. The second-order valence-electron chi connectivity index (χ2n) is 5.18. The number of aromatic hydroxyl groups is 1. The zero-order valence-corrected chi connectivity index (χ0v) is 12.1. The first kappa shape index (κ1) is 14.1. The molecule has 0 bridgehead atoms. The summed E-state index contributed by atoms with van der Waals surface area (Å²) in [5, 5.41) is 11.4. The third-order valence-corrected chi connectivity index (χ3v) is 3.69. The summed E-state index contributed by atoms with van der Waals surface area (Å²) in [4.78, 5) is 24.5. The first-order chi connectivity index (χ1) is 10.6. The maximum absolute atomic E-state index is 12.6. The SMILES string of the molecule is CC(=O)c1c(O)n(Cc2ccccc2)c(=O)c2ccccc12. The third kappa shape index (κ3) is 2.29. The van der Waals surface area contributed by atoms with E-state index in [9.17, 15) is 14.7 Å². The van der Waals surface area contributed by atoms with Crippen molar-refractivity contribution in [3.8, 4) is 5.88 Å². The molecule has 1 aromatic heterocycles. The minimum Gasteiger partial charge on any atom is -0.494 e. The zero-order chi connectivity index (χ0) is 15.7. The van der Waals surface area contributed by atoms with Crippen LogP contribution in [0.1, 0.15) is 22.8 Å². The van der Waals surface area contributed by atoms with Gasteiger partial charge in [-0.1, -0.05) is 48.5 Å². The van der Waals surface area contributed by atoms with Crippen LogP contribution < -0.4 is 5.56 Å². The molecule has 0 aliphatic heterocycles. The predicted octanol–water partition coefficient (Wildman–Crippen LogP) is 2.96. The lowest BCUT2D eigenvalue weighted by Gasteiger charge is -2.14. The normalized spacial score (nSPS) is 10.8. The van der Waals surface area contributed by atoms with Gasteiger partial charge >= 0.3 is 0 Å². The van der Waals surface area contributed by atoms with Crippen molar-refractivity contribution in [1.82, 2.24) is 4.57 Å². The Morgan fingerprint density at radius 3 is 2.23 bits per heavy atom. The summed E-state index contributed by atoms with van der Waals surface area (Å²) >= 11 is 0. The van der Waals surface area contributed by atoms with E-state index in [-0.39, 0.29) is 29.3 Å².